The van der Waals surface area contributed by atoms with E-state index in [0.29, 0.717) is 31.0 Å². The molecule has 0 N–H and O–H groups in total. The van der Waals surface area contributed by atoms with Crippen LogP contribution in [-0.4, -0.2) is 62.0 Å². The van der Waals surface area contributed by atoms with Gasteiger partial charge in [0, 0.05) is 32.1 Å². The van der Waals surface area contributed by atoms with Crippen LogP contribution in [0.2, 0.25) is 0 Å². The number of amides is 2. The summed E-state index contributed by atoms with van der Waals surface area (Å²) in [6.45, 7) is 3.13. The third kappa shape index (κ3) is 4.11. The van der Waals surface area contributed by atoms with Gasteiger partial charge in [-0.25, -0.2) is 0 Å². The number of hydrogen-bond acceptors (Lipinski definition) is 4. The summed E-state index contributed by atoms with van der Waals surface area (Å²) >= 11 is 0. The number of carbonyl (C=O) groups excluding carboxylic acids is 2. The fraction of sp³-hybridized carbons (Fsp3) is 0.600. The van der Waals surface area contributed by atoms with Gasteiger partial charge in [0.05, 0.1) is 20.6 Å². The average Bonchev–Trinajstić information content (AvgIpc) is 3.22. The van der Waals surface area contributed by atoms with Crippen LogP contribution in [-0.2, 0) is 16.0 Å². The fourth-order valence-corrected chi connectivity index (χ4v) is 3.85. The third-order valence-electron chi connectivity index (χ3n) is 5.42. The molecule has 2 amide bonds. The highest BCUT2D eigenvalue weighted by molar-refractivity contribution is 5.81. The molecule has 0 radical (unpaired) electrons. The van der Waals surface area contributed by atoms with Crippen molar-refractivity contribution in [1.82, 2.24) is 9.80 Å². The molecule has 2 heterocycles. The van der Waals surface area contributed by atoms with Crippen molar-refractivity contribution in [2.75, 3.05) is 40.4 Å². The maximum absolute atomic E-state index is 12.6. The minimum Gasteiger partial charge on any atom is -0.493 e. The molecule has 1 aromatic rings. The van der Waals surface area contributed by atoms with Gasteiger partial charge in [0.25, 0.3) is 0 Å². The lowest BCUT2D eigenvalue weighted by Crippen LogP contribution is -2.44. The van der Waals surface area contributed by atoms with Gasteiger partial charge < -0.3 is 19.3 Å². The van der Waals surface area contributed by atoms with E-state index < -0.39 is 0 Å². The minimum absolute atomic E-state index is 0.0817. The third-order valence-corrected chi connectivity index (χ3v) is 5.42. The summed E-state index contributed by atoms with van der Waals surface area (Å²) in [5, 5.41) is 0. The predicted octanol–water partition coefficient (Wildman–Crippen LogP) is 2.11. The first-order valence-corrected chi connectivity index (χ1v) is 9.40. The molecule has 142 valence electrons. The fourth-order valence-electron chi connectivity index (χ4n) is 3.85. The van der Waals surface area contributed by atoms with Crippen LogP contribution in [0.1, 0.15) is 31.2 Å². The number of nitrogens with zero attached hydrogens (tertiary/aromatic N) is 2. The van der Waals surface area contributed by atoms with E-state index >= 15 is 0 Å². The number of carbonyl (C=O) groups is 2. The normalized spacial score (nSPS) is 18.1. The molecule has 6 nitrogen and oxygen atoms in total. The van der Waals surface area contributed by atoms with Crippen LogP contribution in [0.4, 0.5) is 0 Å². The molecule has 0 bridgehead atoms. The van der Waals surface area contributed by atoms with Crippen molar-refractivity contribution in [2.45, 2.75) is 32.1 Å². The van der Waals surface area contributed by atoms with Crippen LogP contribution < -0.4 is 9.47 Å². The number of hydrogen-bond donors (Lipinski definition) is 0. The van der Waals surface area contributed by atoms with Crippen LogP contribution in [0.3, 0.4) is 0 Å². The van der Waals surface area contributed by atoms with Gasteiger partial charge in [-0.1, -0.05) is 6.07 Å². The Morgan fingerprint density at radius 2 is 1.62 bits per heavy atom. The Labute approximate surface area is 155 Å². The maximum Gasteiger partial charge on any atom is 0.226 e. The second kappa shape index (κ2) is 8.43. The van der Waals surface area contributed by atoms with Gasteiger partial charge in [-0.2, -0.15) is 0 Å². The van der Waals surface area contributed by atoms with E-state index in [-0.39, 0.29) is 17.7 Å². The van der Waals surface area contributed by atoms with Crippen molar-refractivity contribution in [2.24, 2.45) is 5.92 Å². The molecule has 6 heteroatoms. The number of rotatable bonds is 5. The number of likely N-dealkylation sites (tertiary alicyclic amines) is 2. The van der Waals surface area contributed by atoms with E-state index in [9.17, 15) is 9.59 Å². The van der Waals surface area contributed by atoms with Gasteiger partial charge in [0.2, 0.25) is 11.8 Å². The molecule has 3 rings (SSSR count). The lowest BCUT2D eigenvalue weighted by atomic mass is 9.95. The zero-order chi connectivity index (χ0) is 18.5. The van der Waals surface area contributed by atoms with Crippen LogP contribution in [0.5, 0.6) is 11.5 Å². The van der Waals surface area contributed by atoms with Gasteiger partial charge in [-0.05, 0) is 43.4 Å². The molecule has 1 aromatic carbocycles. The Kier molecular flexibility index (Phi) is 6.01. The van der Waals surface area contributed by atoms with Gasteiger partial charge in [-0.15, -0.1) is 0 Å². The van der Waals surface area contributed by atoms with Crippen molar-refractivity contribution in [3.8, 4) is 11.5 Å². The highest BCUT2D eigenvalue weighted by Gasteiger charge is 2.31. The predicted molar refractivity (Wildman–Crippen MR) is 98.4 cm³/mol. The highest BCUT2D eigenvalue weighted by atomic mass is 16.5. The first-order valence-electron chi connectivity index (χ1n) is 9.40. The SMILES string of the molecule is COc1ccc(CC(=O)N2CCC(C(=O)N3CCCC3)CC2)cc1OC. The van der Waals surface area contributed by atoms with Gasteiger partial charge >= 0.3 is 0 Å². The molecular formula is C20H28N2O4. The summed E-state index contributed by atoms with van der Waals surface area (Å²) in [7, 11) is 3.18. The monoisotopic (exact) mass is 360 g/mol. The Morgan fingerprint density at radius 1 is 0.962 bits per heavy atom. The second-order valence-electron chi connectivity index (χ2n) is 7.05. The molecule has 0 aromatic heterocycles. The molecule has 0 aliphatic carbocycles. The second-order valence-corrected chi connectivity index (χ2v) is 7.05. The highest BCUT2D eigenvalue weighted by Crippen LogP contribution is 2.28. The summed E-state index contributed by atoms with van der Waals surface area (Å²) in [5.74, 6) is 1.76. The number of methoxy groups -OCH3 is 2. The van der Waals surface area contributed by atoms with E-state index in [1.54, 1.807) is 14.2 Å². The zero-order valence-corrected chi connectivity index (χ0v) is 15.7. The van der Waals surface area contributed by atoms with Gasteiger partial charge in [0.1, 0.15) is 0 Å². The lowest BCUT2D eigenvalue weighted by Gasteiger charge is -2.33. The summed E-state index contributed by atoms with van der Waals surface area (Å²) in [6, 6.07) is 5.56. The maximum atomic E-state index is 12.6. The zero-order valence-electron chi connectivity index (χ0n) is 15.7. The quantitative estimate of drug-likeness (QED) is 0.807. The Hall–Kier alpha value is -2.24. The molecule has 26 heavy (non-hydrogen) atoms. The Bertz CT molecular complexity index is 647. The van der Waals surface area contributed by atoms with Crippen LogP contribution in [0.25, 0.3) is 0 Å². The number of piperidine rings is 1. The van der Waals surface area contributed by atoms with Crippen LogP contribution in [0, 0.1) is 5.92 Å². The largest absolute Gasteiger partial charge is 0.493 e. The Balaban J connectivity index is 1.53. The summed E-state index contributed by atoms with van der Waals surface area (Å²) in [5.41, 5.74) is 0.905. The first kappa shape index (κ1) is 18.5. The molecular weight excluding hydrogens is 332 g/mol. The molecule has 0 spiro atoms. The van der Waals surface area contributed by atoms with Gasteiger partial charge in [-0.3, -0.25) is 9.59 Å². The van der Waals surface area contributed by atoms with Crippen molar-refractivity contribution in [3.05, 3.63) is 23.8 Å². The van der Waals surface area contributed by atoms with Crippen molar-refractivity contribution < 1.29 is 19.1 Å². The summed E-state index contributed by atoms with van der Waals surface area (Å²) in [6.07, 6.45) is 4.12. The summed E-state index contributed by atoms with van der Waals surface area (Å²) < 4.78 is 10.5. The molecule has 0 saturated carbocycles. The topological polar surface area (TPSA) is 59.1 Å². The molecule has 0 atom stereocenters. The molecule has 2 fully saturated rings. The van der Waals surface area contributed by atoms with Crippen molar-refractivity contribution in [1.29, 1.82) is 0 Å². The van der Waals surface area contributed by atoms with Crippen LogP contribution in [0.15, 0.2) is 18.2 Å². The number of ether oxygens (including phenoxy) is 2. The van der Waals surface area contributed by atoms with Crippen LogP contribution >= 0.6 is 0 Å². The summed E-state index contributed by atoms with van der Waals surface area (Å²) in [4.78, 5) is 29.0. The average molecular weight is 360 g/mol. The standard InChI is InChI=1S/C20H28N2O4/c1-25-17-6-5-15(13-18(17)26-2)14-19(23)21-11-7-16(8-12-21)20(24)22-9-3-4-10-22/h5-6,13,16H,3-4,7-12,14H2,1-2H3. The van der Waals surface area contributed by atoms with E-state index in [2.05, 4.69) is 0 Å². The van der Waals surface area contributed by atoms with E-state index in [1.165, 1.54) is 0 Å². The molecule has 2 aliphatic heterocycles. The lowest BCUT2D eigenvalue weighted by molar-refractivity contribution is -0.139. The minimum atomic E-state index is 0.0817. The first-order chi connectivity index (χ1) is 12.6. The number of benzene rings is 1. The van der Waals surface area contributed by atoms with E-state index in [4.69, 9.17) is 9.47 Å². The van der Waals surface area contributed by atoms with E-state index in [0.717, 1.165) is 44.3 Å². The Morgan fingerprint density at radius 3 is 2.23 bits per heavy atom. The molecule has 2 aliphatic rings. The molecule has 0 unspecified atom stereocenters. The van der Waals surface area contributed by atoms with E-state index in [1.807, 2.05) is 28.0 Å². The van der Waals surface area contributed by atoms with Crippen molar-refractivity contribution in [3.63, 3.8) is 0 Å². The van der Waals surface area contributed by atoms with Gasteiger partial charge in [0.15, 0.2) is 11.5 Å². The van der Waals surface area contributed by atoms with Crippen molar-refractivity contribution >= 4 is 11.8 Å². The molecule has 2 saturated heterocycles. The smallest absolute Gasteiger partial charge is 0.226 e.